The van der Waals surface area contributed by atoms with E-state index in [0.29, 0.717) is 18.8 Å². The normalized spacial score (nSPS) is 12.5. The third-order valence-corrected chi connectivity index (χ3v) is 2.89. The topological polar surface area (TPSA) is 68.5 Å². The van der Waals surface area contributed by atoms with Gasteiger partial charge in [-0.2, -0.15) is 0 Å². The number of rotatable bonds is 6. The molecule has 0 aliphatic rings. The van der Waals surface area contributed by atoms with Crippen LogP contribution in [-0.2, 0) is 9.53 Å². The van der Waals surface area contributed by atoms with Gasteiger partial charge in [-0.15, -0.1) is 0 Å². The monoisotopic (exact) mass is 262 g/mol. The van der Waals surface area contributed by atoms with Gasteiger partial charge in [0, 0.05) is 32.1 Å². The molecule has 0 aliphatic heterocycles. The fourth-order valence-electron chi connectivity index (χ4n) is 1.86. The molecule has 0 spiro atoms. The van der Waals surface area contributed by atoms with Gasteiger partial charge in [-0.1, -0.05) is 6.92 Å². The van der Waals surface area contributed by atoms with Crippen LogP contribution in [-0.4, -0.2) is 34.0 Å². The summed E-state index contributed by atoms with van der Waals surface area (Å²) in [5.74, 6) is 0.612. The van der Waals surface area contributed by atoms with Crippen LogP contribution in [0.1, 0.15) is 31.5 Å². The van der Waals surface area contributed by atoms with E-state index in [1.807, 2.05) is 29.8 Å². The van der Waals surface area contributed by atoms with Gasteiger partial charge in [-0.25, -0.2) is 9.97 Å². The van der Waals surface area contributed by atoms with Gasteiger partial charge in [0.25, 0.3) is 0 Å². The summed E-state index contributed by atoms with van der Waals surface area (Å²) in [6.45, 7) is 2.44. The molecule has 0 aromatic carbocycles. The maximum atomic E-state index is 11.7. The minimum Gasteiger partial charge on any atom is -0.384 e. The van der Waals surface area contributed by atoms with E-state index >= 15 is 0 Å². The number of carbonyl (C=O) groups excluding carboxylic acids is 1. The molecule has 6 heteroatoms. The van der Waals surface area contributed by atoms with Crippen molar-refractivity contribution in [3.63, 3.8) is 0 Å². The summed E-state index contributed by atoms with van der Waals surface area (Å²) in [5.41, 5.74) is 0.826. The minimum absolute atomic E-state index is 0.0290. The predicted octanol–water partition coefficient (Wildman–Crippen LogP) is 1.33. The Morgan fingerprint density at radius 2 is 2.42 bits per heavy atom. The molecule has 2 rings (SSSR count). The molecule has 0 fully saturated rings. The third-order valence-electron chi connectivity index (χ3n) is 2.89. The highest BCUT2D eigenvalue weighted by Crippen LogP contribution is 2.15. The SMILES string of the molecule is CC[C@@H](NC(=O)CCOC)c1cn2cccnc2n1. The molecule has 0 saturated carbocycles. The second-order valence-electron chi connectivity index (χ2n) is 4.26. The Bertz CT molecular complexity index is 519. The standard InChI is InChI=1S/C13H18N4O2/c1-3-10(15-12(18)5-8-19-2)11-9-17-7-4-6-14-13(17)16-11/h4,6-7,9-10H,3,5,8H2,1-2H3,(H,15,18)/t10-/m1/s1. The fraction of sp³-hybridized carbons (Fsp3) is 0.462. The first kappa shape index (κ1) is 13.5. The lowest BCUT2D eigenvalue weighted by Gasteiger charge is -2.14. The highest BCUT2D eigenvalue weighted by Gasteiger charge is 2.16. The summed E-state index contributed by atoms with van der Waals surface area (Å²) in [5, 5.41) is 2.96. The van der Waals surface area contributed by atoms with E-state index in [9.17, 15) is 4.79 Å². The van der Waals surface area contributed by atoms with Gasteiger partial charge < -0.3 is 10.1 Å². The number of imidazole rings is 1. The van der Waals surface area contributed by atoms with Crippen LogP contribution < -0.4 is 5.32 Å². The minimum atomic E-state index is -0.0916. The molecular weight excluding hydrogens is 244 g/mol. The quantitative estimate of drug-likeness (QED) is 0.852. The van der Waals surface area contributed by atoms with Crippen molar-refractivity contribution in [1.29, 1.82) is 0 Å². The van der Waals surface area contributed by atoms with E-state index in [1.165, 1.54) is 0 Å². The lowest BCUT2D eigenvalue weighted by atomic mass is 10.1. The Morgan fingerprint density at radius 3 is 3.11 bits per heavy atom. The molecule has 19 heavy (non-hydrogen) atoms. The summed E-state index contributed by atoms with van der Waals surface area (Å²) >= 11 is 0. The zero-order chi connectivity index (χ0) is 13.7. The second-order valence-corrected chi connectivity index (χ2v) is 4.26. The average Bonchev–Trinajstić information content (AvgIpc) is 2.86. The average molecular weight is 262 g/mol. The first-order valence-electron chi connectivity index (χ1n) is 6.32. The van der Waals surface area contributed by atoms with Crippen molar-refractivity contribution in [2.75, 3.05) is 13.7 Å². The van der Waals surface area contributed by atoms with E-state index in [0.717, 1.165) is 12.1 Å². The number of methoxy groups -OCH3 is 1. The van der Waals surface area contributed by atoms with Crippen molar-refractivity contribution in [2.24, 2.45) is 0 Å². The van der Waals surface area contributed by atoms with Gasteiger partial charge in [-0.05, 0) is 12.5 Å². The maximum Gasteiger partial charge on any atom is 0.233 e. The molecule has 1 amide bonds. The fourth-order valence-corrected chi connectivity index (χ4v) is 1.86. The first-order chi connectivity index (χ1) is 9.24. The summed E-state index contributed by atoms with van der Waals surface area (Å²) in [6.07, 6.45) is 6.62. The van der Waals surface area contributed by atoms with E-state index < -0.39 is 0 Å². The highest BCUT2D eigenvalue weighted by molar-refractivity contribution is 5.76. The van der Waals surface area contributed by atoms with Crippen LogP contribution in [0.5, 0.6) is 0 Å². The van der Waals surface area contributed by atoms with Crippen molar-refractivity contribution in [1.82, 2.24) is 19.7 Å². The zero-order valence-corrected chi connectivity index (χ0v) is 11.2. The van der Waals surface area contributed by atoms with E-state index in [2.05, 4.69) is 15.3 Å². The smallest absolute Gasteiger partial charge is 0.233 e. The van der Waals surface area contributed by atoms with E-state index in [4.69, 9.17) is 4.74 Å². The molecule has 2 aromatic rings. The number of hydrogen-bond acceptors (Lipinski definition) is 4. The van der Waals surface area contributed by atoms with Gasteiger partial charge in [0.2, 0.25) is 11.7 Å². The van der Waals surface area contributed by atoms with Crippen molar-refractivity contribution < 1.29 is 9.53 Å². The molecule has 1 atom stereocenters. The van der Waals surface area contributed by atoms with Crippen LogP contribution >= 0.6 is 0 Å². The molecule has 0 bridgehead atoms. The van der Waals surface area contributed by atoms with Crippen LogP contribution in [0.15, 0.2) is 24.7 Å². The number of fused-ring (bicyclic) bond motifs is 1. The summed E-state index contributed by atoms with van der Waals surface area (Å²) in [4.78, 5) is 20.3. The number of hydrogen-bond donors (Lipinski definition) is 1. The zero-order valence-electron chi connectivity index (χ0n) is 11.2. The van der Waals surface area contributed by atoms with Gasteiger partial charge in [0.1, 0.15) is 0 Å². The second kappa shape index (κ2) is 6.29. The Hall–Kier alpha value is -1.95. The Morgan fingerprint density at radius 1 is 1.58 bits per heavy atom. The molecule has 0 radical (unpaired) electrons. The molecule has 2 aromatic heterocycles. The van der Waals surface area contributed by atoms with Crippen molar-refractivity contribution in [3.8, 4) is 0 Å². The first-order valence-corrected chi connectivity index (χ1v) is 6.32. The number of amides is 1. The summed E-state index contributed by atoms with van der Waals surface area (Å²) in [7, 11) is 1.58. The van der Waals surface area contributed by atoms with Gasteiger partial charge >= 0.3 is 0 Å². The van der Waals surface area contributed by atoms with E-state index in [1.54, 1.807) is 13.3 Å². The van der Waals surface area contributed by atoms with Crippen LogP contribution in [0.3, 0.4) is 0 Å². The van der Waals surface area contributed by atoms with Gasteiger partial charge in [0.05, 0.1) is 18.3 Å². The number of ether oxygens (including phenoxy) is 1. The summed E-state index contributed by atoms with van der Waals surface area (Å²) < 4.78 is 6.74. The third kappa shape index (κ3) is 3.29. The maximum absolute atomic E-state index is 11.7. The van der Waals surface area contributed by atoms with Crippen LogP contribution in [0.2, 0.25) is 0 Å². The van der Waals surface area contributed by atoms with Crippen LogP contribution in [0.4, 0.5) is 0 Å². The van der Waals surface area contributed by atoms with Gasteiger partial charge in [-0.3, -0.25) is 9.20 Å². The highest BCUT2D eigenvalue weighted by atomic mass is 16.5. The van der Waals surface area contributed by atoms with Crippen LogP contribution in [0.25, 0.3) is 5.78 Å². The Balaban J connectivity index is 2.10. The number of nitrogens with zero attached hydrogens (tertiary/aromatic N) is 3. The Kier molecular flexibility index (Phi) is 4.46. The van der Waals surface area contributed by atoms with E-state index in [-0.39, 0.29) is 11.9 Å². The lowest BCUT2D eigenvalue weighted by Crippen LogP contribution is -2.29. The molecule has 1 N–H and O–H groups in total. The molecule has 2 heterocycles. The van der Waals surface area contributed by atoms with Crippen molar-refractivity contribution in [2.45, 2.75) is 25.8 Å². The van der Waals surface area contributed by atoms with Crippen molar-refractivity contribution >= 4 is 11.7 Å². The molecule has 102 valence electrons. The summed E-state index contributed by atoms with van der Waals surface area (Å²) in [6, 6.07) is 1.75. The lowest BCUT2D eigenvalue weighted by molar-refractivity contribution is -0.122. The van der Waals surface area contributed by atoms with Gasteiger partial charge in [0.15, 0.2) is 0 Å². The Labute approximate surface area is 111 Å². The molecule has 0 aliphatic carbocycles. The molecular formula is C13H18N4O2. The predicted molar refractivity (Wildman–Crippen MR) is 70.7 cm³/mol. The number of aromatic nitrogens is 3. The number of nitrogens with one attached hydrogen (secondary N) is 1. The van der Waals surface area contributed by atoms with Crippen LogP contribution in [0, 0.1) is 0 Å². The largest absolute Gasteiger partial charge is 0.384 e. The molecule has 0 unspecified atom stereocenters. The number of carbonyl (C=O) groups is 1. The van der Waals surface area contributed by atoms with Crippen molar-refractivity contribution in [3.05, 3.63) is 30.4 Å². The molecule has 6 nitrogen and oxygen atoms in total. The molecule has 0 saturated heterocycles.